The molecule has 0 aromatic carbocycles. The minimum atomic E-state index is -3.57. The van der Waals surface area contributed by atoms with Gasteiger partial charge in [-0.25, -0.2) is 18.1 Å². The molecule has 1 atom stereocenters. The second kappa shape index (κ2) is 7.04. The summed E-state index contributed by atoms with van der Waals surface area (Å²) >= 11 is 0. The van der Waals surface area contributed by atoms with Gasteiger partial charge in [0.15, 0.2) is 5.03 Å². The number of rotatable bonds is 8. The molecule has 8 heteroatoms. The lowest BCUT2D eigenvalue weighted by molar-refractivity contribution is -0.137. The Kier molecular flexibility index (Phi) is 5.91. The highest BCUT2D eigenvalue weighted by molar-refractivity contribution is 7.89. The molecule has 0 aliphatic carbocycles. The molecule has 0 saturated heterocycles. The van der Waals surface area contributed by atoms with Crippen LogP contribution >= 0.6 is 0 Å². The molecule has 0 amide bonds. The number of aliphatic carboxylic acids is 1. The number of sulfonamides is 1. The van der Waals surface area contributed by atoms with Crippen molar-refractivity contribution < 1.29 is 18.3 Å². The van der Waals surface area contributed by atoms with E-state index in [2.05, 4.69) is 14.7 Å². The Labute approximate surface area is 125 Å². The number of aromatic amines is 1. The van der Waals surface area contributed by atoms with Gasteiger partial charge in [-0.05, 0) is 24.2 Å². The lowest BCUT2D eigenvalue weighted by Gasteiger charge is -2.30. The molecule has 1 unspecified atom stereocenters. The summed E-state index contributed by atoms with van der Waals surface area (Å²) in [7, 11) is -3.57. The summed E-state index contributed by atoms with van der Waals surface area (Å²) in [6.07, 6.45) is 3.76. The maximum Gasteiger partial charge on any atom is 0.303 e. The Morgan fingerprint density at radius 1 is 1.43 bits per heavy atom. The van der Waals surface area contributed by atoms with Gasteiger partial charge in [0.25, 0.3) is 10.0 Å². The predicted molar refractivity (Wildman–Crippen MR) is 78.2 cm³/mol. The third-order valence-electron chi connectivity index (χ3n) is 3.48. The second-order valence-corrected chi connectivity index (χ2v) is 7.83. The fourth-order valence-corrected chi connectivity index (χ4v) is 3.09. The SMILES string of the molecule is CC(C)(C)C(CCNS(=O)(=O)c1cnc[nH]1)CCC(=O)O. The molecule has 120 valence electrons. The van der Waals surface area contributed by atoms with Crippen molar-refractivity contribution in [3.8, 4) is 0 Å². The number of carboxylic acid groups (broad SMARTS) is 1. The summed E-state index contributed by atoms with van der Waals surface area (Å²) in [5, 5.41) is 8.81. The van der Waals surface area contributed by atoms with Crippen molar-refractivity contribution in [3.05, 3.63) is 12.5 Å². The highest BCUT2D eigenvalue weighted by Gasteiger charge is 2.25. The number of carbonyl (C=O) groups is 1. The monoisotopic (exact) mass is 317 g/mol. The van der Waals surface area contributed by atoms with Crippen LogP contribution in [-0.4, -0.2) is 36.0 Å². The van der Waals surface area contributed by atoms with Gasteiger partial charge < -0.3 is 10.1 Å². The molecule has 1 aromatic heterocycles. The molecule has 3 N–H and O–H groups in total. The fraction of sp³-hybridized carbons (Fsp3) is 0.692. The molecule has 1 rings (SSSR count). The molecular formula is C13H23N3O4S. The van der Waals surface area contributed by atoms with Crippen molar-refractivity contribution in [2.24, 2.45) is 11.3 Å². The molecule has 0 radical (unpaired) electrons. The second-order valence-electron chi connectivity index (χ2n) is 6.10. The van der Waals surface area contributed by atoms with E-state index in [-0.39, 0.29) is 29.3 Å². The summed E-state index contributed by atoms with van der Waals surface area (Å²) in [6.45, 7) is 6.36. The summed E-state index contributed by atoms with van der Waals surface area (Å²) in [6, 6.07) is 0. The summed E-state index contributed by atoms with van der Waals surface area (Å²) in [4.78, 5) is 16.9. The zero-order valence-corrected chi connectivity index (χ0v) is 13.4. The van der Waals surface area contributed by atoms with Crippen LogP contribution in [0.5, 0.6) is 0 Å². The van der Waals surface area contributed by atoms with Crippen molar-refractivity contribution >= 4 is 16.0 Å². The number of nitrogens with one attached hydrogen (secondary N) is 2. The number of aromatic nitrogens is 2. The predicted octanol–water partition coefficient (Wildman–Crippen LogP) is 1.61. The first-order valence-electron chi connectivity index (χ1n) is 6.83. The molecule has 0 saturated carbocycles. The first-order valence-corrected chi connectivity index (χ1v) is 8.31. The molecule has 21 heavy (non-hydrogen) atoms. The minimum Gasteiger partial charge on any atom is -0.481 e. The van der Waals surface area contributed by atoms with Gasteiger partial charge in [0.1, 0.15) is 0 Å². The van der Waals surface area contributed by atoms with Gasteiger partial charge >= 0.3 is 5.97 Å². The zero-order chi connectivity index (χ0) is 16.1. The largest absolute Gasteiger partial charge is 0.481 e. The maximum atomic E-state index is 11.9. The maximum absolute atomic E-state index is 11.9. The molecule has 0 bridgehead atoms. The number of H-pyrrole nitrogens is 1. The number of carboxylic acids is 1. The van der Waals surface area contributed by atoms with Crippen molar-refractivity contribution in [1.29, 1.82) is 0 Å². The van der Waals surface area contributed by atoms with E-state index in [1.54, 1.807) is 0 Å². The van der Waals surface area contributed by atoms with Crippen LogP contribution in [0.3, 0.4) is 0 Å². The average Bonchev–Trinajstić information content (AvgIpc) is 2.85. The van der Waals surface area contributed by atoms with Crippen molar-refractivity contribution in [2.75, 3.05) is 6.54 Å². The summed E-state index contributed by atoms with van der Waals surface area (Å²) in [5.74, 6) is -0.708. The molecule has 1 aromatic rings. The molecule has 7 nitrogen and oxygen atoms in total. The fourth-order valence-electron chi connectivity index (χ4n) is 2.14. The van der Waals surface area contributed by atoms with E-state index in [1.807, 2.05) is 20.8 Å². The van der Waals surface area contributed by atoms with E-state index in [0.717, 1.165) is 0 Å². The van der Waals surface area contributed by atoms with Crippen LogP contribution in [0.15, 0.2) is 17.6 Å². The van der Waals surface area contributed by atoms with Gasteiger partial charge in [-0.1, -0.05) is 20.8 Å². The minimum absolute atomic E-state index is 0.0281. The van der Waals surface area contributed by atoms with Crippen LogP contribution in [0.1, 0.15) is 40.0 Å². The van der Waals surface area contributed by atoms with Gasteiger partial charge in [0.2, 0.25) is 0 Å². The zero-order valence-electron chi connectivity index (χ0n) is 12.6. The van der Waals surface area contributed by atoms with Crippen LogP contribution < -0.4 is 4.72 Å². The van der Waals surface area contributed by atoms with Crippen molar-refractivity contribution in [3.63, 3.8) is 0 Å². The van der Waals surface area contributed by atoms with Crippen LogP contribution in [0, 0.1) is 11.3 Å². The molecule has 0 aliphatic rings. The van der Waals surface area contributed by atoms with Crippen LogP contribution in [0.25, 0.3) is 0 Å². The standard InChI is InChI=1S/C13H23N3O4S/c1-13(2,3)10(4-5-12(17)18)6-7-16-21(19,20)11-8-14-9-15-11/h8-10,16H,4-7H2,1-3H3,(H,14,15)(H,17,18). The van der Waals surface area contributed by atoms with Gasteiger partial charge in [0, 0.05) is 13.0 Å². The summed E-state index contributed by atoms with van der Waals surface area (Å²) < 4.78 is 26.3. The lowest BCUT2D eigenvalue weighted by atomic mass is 9.76. The number of imidazole rings is 1. The van der Waals surface area contributed by atoms with Crippen LogP contribution in [0.4, 0.5) is 0 Å². The van der Waals surface area contributed by atoms with Crippen molar-refractivity contribution in [1.82, 2.24) is 14.7 Å². The van der Waals surface area contributed by atoms with Crippen molar-refractivity contribution in [2.45, 2.75) is 45.1 Å². The number of hydrogen-bond acceptors (Lipinski definition) is 4. The molecule has 0 aliphatic heterocycles. The van der Waals surface area contributed by atoms with E-state index in [1.165, 1.54) is 12.5 Å². The van der Waals surface area contributed by atoms with Gasteiger partial charge in [-0.3, -0.25) is 4.79 Å². The van der Waals surface area contributed by atoms with Gasteiger partial charge in [-0.15, -0.1) is 0 Å². The van der Waals surface area contributed by atoms with E-state index < -0.39 is 16.0 Å². The summed E-state index contributed by atoms with van der Waals surface area (Å²) in [5.41, 5.74) is -0.0745. The van der Waals surface area contributed by atoms with E-state index in [9.17, 15) is 13.2 Å². The Morgan fingerprint density at radius 2 is 2.10 bits per heavy atom. The highest BCUT2D eigenvalue weighted by atomic mass is 32.2. The first-order chi connectivity index (χ1) is 9.63. The Morgan fingerprint density at radius 3 is 2.57 bits per heavy atom. The third-order valence-corrected chi connectivity index (χ3v) is 4.87. The van der Waals surface area contributed by atoms with E-state index in [0.29, 0.717) is 12.8 Å². The topological polar surface area (TPSA) is 112 Å². The highest BCUT2D eigenvalue weighted by Crippen LogP contribution is 2.32. The Balaban J connectivity index is 2.56. The first kappa shape index (κ1) is 17.6. The average molecular weight is 317 g/mol. The Bertz CT molecular complexity index is 546. The number of hydrogen-bond donors (Lipinski definition) is 3. The van der Waals surface area contributed by atoms with Gasteiger partial charge in [-0.2, -0.15) is 0 Å². The lowest BCUT2D eigenvalue weighted by Crippen LogP contribution is -2.30. The molecule has 1 heterocycles. The Hall–Kier alpha value is -1.41. The molecule has 0 fully saturated rings. The van der Waals surface area contributed by atoms with Gasteiger partial charge in [0.05, 0.1) is 12.5 Å². The normalized spacial score (nSPS) is 14.0. The quantitative estimate of drug-likeness (QED) is 0.674. The van der Waals surface area contributed by atoms with Crippen LogP contribution in [-0.2, 0) is 14.8 Å². The molecule has 0 spiro atoms. The number of nitrogens with zero attached hydrogens (tertiary/aromatic N) is 1. The van der Waals surface area contributed by atoms with Crippen LogP contribution in [0.2, 0.25) is 0 Å². The smallest absolute Gasteiger partial charge is 0.303 e. The molecular weight excluding hydrogens is 294 g/mol. The van der Waals surface area contributed by atoms with E-state index in [4.69, 9.17) is 5.11 Å². The van der Waals surface area contributed by atoms with E-state index >= 15 is 0 Å². The third kappa shape index (κ3) is 5.84.